The van der Waals surface area contributed by atoms with E-state index in [4.69, 9.17) is 11.6 Å². The van der Waals surface area contributed by atoms with Crippen LogP contribution < -0.4 is 10.9 Å². The molecule has 1 aliphatic heterocycles. The Balaban J connectivity index is 1.64. The first-order chi connectivity index (χ1) is 16.0. The molecule has 1 aromatic carbocycles. The number of halogens is 4. The zero-order valence-corrected chi connectivity index (χ0v) is 18.8. The summed E-state index contributed by atoms with van der Waals surface area (Å²) in [5.74, 6) is -4.48. The van der Waals surface area contributed by atoms with Crippen molar-refractivity contribution in [3.05, 3.63) is 62.7 Å². The summed E-state index contributed by atoms with van der Waals surface area (Å²) in [5, 5.41) is 12.5. The predicted molar refractivity (Wildman–Crippen MR) is 119 cm³/mol. The predicted octanol–water partition coefficient (Wildman–Crippen LogP) is 4.92. The molecule has 2 aromatic heterocycles. The topological polar surface area (TPSA) is 97.1 Å². The van der Waals surface area contributed by atoms with Crippen molar-refractivity contribution in [3.8, 4) is 0 Å². The highest BCUT2D eigenvalue weighted by Crippen LogP contribution is 2.52. The Labute approximate surface area is 196 Å². The standard InChI is InChI=1S/C23H20ClF3N4O3/c1-11(28-15-2-3-16(24)29-18(15)20(33)34)13-8-12(25)9-14-17(13)30-21-22(4-5-23(26,27)10-22)6-7-31(21)19(14)32/h2-3,8-9,11,28H,4-7,10H2,1H3,(H,33,34)/t11-,22+/m1/s1. The van der Waals surface area contributed by atoms with Crippen molar-refractivity contribution < 1.29 is 23.1 Å². The number of carboxylic acid groups (broad SMARTS) is 1. The minimum Gasteiger partial charge on any atom is -0.476 e. The molecule has 3 heterocycles. The Hall–Kier alpha value is -3.14. The molecule has 178 valence electrons. The van der Waals surface area contributed by atoms with Gasteiger partial charge < -0.3 is 10.4 Å². The Bertz CT molecular complexity index is 1410. The molecule has 0 amide bonds. The zero-order valence-electron chi connectivity index (χ0n) is 18.0. The smallest absolute Gasteiger partial charge is 0.356 e. The zero-order chi connectivity index (χ0) is 24.4. The fourth-order valence-corrected chi connectivity index (χ4v) is 5.37. The van der Waals surface area contributed by atoms with Gasteiger partial charge in [0.15, 0.2) is 5.69 Å². The molecule has 3 aromatic rings. The van der Waals surface area contributed by atoms with Crippen LogP contribution in [0.1, 0.15) is 60.5 Å². The minimum atomic E-state index is -2.82. The van der Waals surface area contributed by atoms with Gasteiger partial charge >= 0.3 is 5.97 Å². The quantitative estimate of drug-likeness (QED) is 0.502. The third-order valence-corrected chi connectivity index (χ3v) is 7.02. The number of alkyl halides is 2. The second kappa shape index (κ2) is 7.69. The van der Waals surface area contributed by atoms with E-state index in [1.807, 2.05) is 0 Å². The van der Waals surface area contributed by atoms with Crippen molar-refractivity contribution >= 4 is 34.2 Å². The number of pyridine rings is 1. The summed E-state index contributed by atoms with van der Waals surface area (Å²) in [6.45, 7) is 1.91. The SMILES string of the molecule is C[C@@H](Nc1ccc(Cl)nc1C(=O)O)c1cc(F)cc2c(=O)n3c(nc12)[C@]1(CC3)CCC(F)(F)C1. The summed E-state index contributed by atoms with van der Waals surface area (Å²) < 4.78 is 44.2. The number of anilines is 1. The van der Waals surface area contributed by atoms with Crippen molar-refractivity contribution in [1.29, 1.82) is 0 Å². The Morgan fingerprint density at radius 1 is 1.24 bits per heavy atom. The molecule has 11 heteroatoms. The van der Waals surface area contributed by atoms with Crippen LogP contribution in [-0.2, 0) is 12.0 Å². The van der Waals surface area contributed by atoms with E-state index in [9.17, 15) is 27.9 Å². The number of hydrogen-bond acceptors (Lipinski definition) is 5. The number of benzene rings is 1. The van der Waals surface area contributed by atoms with E-state index < -0.39 is 34.7 Å². The van der Waals surface area contributed by atoms with Gasteiger partial charge in [-0.2, -0.15) is 0 Å². The lowest BCUT2D eigenvalue weighted by atomic mass is 9.84. The molecule has 2 N–H and O–H groups in total. The lowest BCUT2D eigenvalue weighted by Crippen LogP contribution is -2.28. The van der Waals surface area contributed by atoms with Gasteiger partial charge in [0.2, 0.25) is 5.92 Å². The summed E-state index contributed by atoms with van der Waals surface area (Å²) in [6.07, 6.45) is -0.0384. The molecule has 1 spiro atoms. The number of carbonyl (C=O) groups is 1. The highest BCUT2D eigenvalue weighted by atomic mass is 35.5. The van der Waals surface area contributed by atoms with Crippen LogP contribution in [0, 0.1) is 5.82 Å². The number of aromatic nitrogens is 3. The van der Waals surface area contributed by atoms with Crippen LogP contribution in [-0.4, -0.2) is 31.5 Å². The molecule has 0 bridgehead atoms. The molecule has 0 saturated heterocycles. The average molecular weight is 493 g/mol. The van der Waals surface area contributed by atoms with E-state index in [0.29, 0.717) is 17.8 Å². The molecular weight excluding hydrogens is 473 g/mol. The van der Waals surface area contributed by atoms with Gasteiger partial charge in [-0.15, -0.1) is 0 Å². The third kappa shape index (κ3) is 3.60. The van der Waals surface area contributed by atoms with Crippen LogP contribution in [0.15, 0.2) is 29.1 Å². The molecular formula is C23H20ClF3N4O3. The first-order valence-corrected chi connectivity index (χ1v) is 11.2. The van der Waals surface area contributed by atoms with Crippen LogP contribution in [0.25, 0.3) is 10.9 Å². The first-order valence-electron chi connectivity index (χ1n) is 10.8. The number of nitrogens with zero attached hydrogens (tertiary/aromatic N) is 3. The van der Waals surface area contributed by atoms with E-state index in [0.717, 1.165) is 6.07 Å². The van der Waals surface area contributed by atoms with Crippen molar-refractivity contribution in [2.24, 2.45) is 0 Å². The molecule has 34 heavy (non-hydrogen) atoms. The highest BCUT2D eigenvalue weighted by molar-refractivity contribution is 6.29. The molecule has 2 aliphatic rings. The van der Waals surface area contributed by atoms with Crippen LogP contribution in [0.5, 0.6) is 0 Å². The maximum atomic E-state index is 14.6. The van der Waals surface area contributed by atoms with Crippen molar-refractivity contribution in [2.45, 2.75) is 56.5 Å². The normalized spacial score (nSPS) is 21.7. The Morgan fingerprint density at radius 2 is 2.00 bits per heavy atom. The van der Waals surface area contributed by atoms with Gasteiger partial charge in [0.05, 0.1) is 22.6 Å². The lowest BCUT2D eigenvalue weighted by molar-refractivity contribution is 0.00241. The summed E-state index contributed by atoms with van der Waals surface area (Å²) in [7, 11) is 0. The van der Waals surface area contributed by atoms with Crippen molar-refractivity contribution in [1.82, 2.24) is 14.5 Å². The van der Waals surface area contributed by atoms with E-state index in [1.54, 1.807) is 6.92 Å². The van der Waals surface area contributed by atoms with Gasteiger partial charge in [0.25, 0.3) is 5.56 Å². The Morgan fingerprint density at radius 3 is 2.68 bits per heavy atom. The fraction of sp³-hybridized carbons (Fsp3) is 0.391. The number of hydrogen-bond donors (Lipinski definition) is 2. The van der Waals surface area contributed by atoms with Crippen LogP contribution in [0.3, 0.4) is 0 Å². The molecule has 1 saturated carbocycles. The summed E-state index contributed by atoms with van der Waals surface area (Å²) in [4.78, 5) is 33.3. The largest absolute Gasteiger partial charge is 0.476 e. The van der Waals surface area contributed by atoms with Gasteiger partial charge in [-0.05, 0) is 44.0 Å². The molecule has 2 atom stereocenters. The summed E-state index contributed by atoms with van der Waals surface area (Å²) >= 11 is 5.81. The average Bonchev–Trinajstić information content (AvgIpc) is 3.28. The number of aromatic carboxylic acids is 1. The van der Waals surface area contributed by atoms with Crippen LogP contribution >= 0.6 is 11.6 Å². The van der Waals surface area contributed by atoms with E-state index >= 15 is 0 Å². The van der Waals surface area contributed by atoms with Crippen molar-refractivity contribution in [2.75, 3.05) is 5.32 Å². The van der Waals surface area contributed by atoms with Gasteiger partial charge in [0, 0.05) is 30.4 Å². The number of nitrogens with one attached hydrogen (secondary N) is 1. The first kappa shape index (κ1) is 22.6. The summed E-state index contributed by atoms with van der Waals surface area (Å²) in [6, 6.07) is 4.45. The molecule has 7 nitrogen and oxygen atoms in total. The fourth-order valence-electron chi connectivity index (χ4n) is 5.22. The molecule has 1 aliphatic carbocycles. The van der Waals surface area contributed by atoms with E-state index in [-0.39, 0.29) is 53.2 Å². The van der Waals surface area contributed by atoms with Crippen LogP contribution in [0.2, 0.25) is 5.15 Å². The minimum absolute atomic E-state index is 0.00396. The lowest BCUT2D eigenvalue weighted by Gasteiger charge is -2.24. The van der Waals surface area contributed by atoms with Crippen LogP contribution in [0.4, 0.5) is 18.9 Å². The second-order valence-electron chi connectivity index (χ2n) is 9.05. The number of carboxylic acids is 1. The van der Waals surface area contributed by atoms with Gasteiger partial charge in [-0.3, -0.25) is 9.36 Å². The number of rotatable bonds is 4. The van der Waals surface area contributed by atoms with Gasteiger partial charge in [0.1, 0.15) is 16.8 Å². The van der Waals surface area contributed by atoms with E-state index in [1.165, 1.54) is 22.8 Å². The Kier molecular flexibility index (Phi) is 5.12. The highest BCUT2D eigenvalue weighted by Gasteiger charge is 2.54. The second-order valence-corrected chi connectivity index (χ2v) is 9.44. The maximum Gasteiger partial charge on any atom is 0.356 e. The summed E-state index contributed by atoms with van der Waals surface area (Å²) in [5.41, 5.74) is -1.04. The molecule has 0 unspecified atom stereocenters. The number of fused-ring (bicyclic) bond motifs is 3. The molecule has 5 rings (SSSR count). The van der Waals surface area contributed by atoms with Crippen molar-refractivity contribution in [3.63, 3.8) is 0 Å². The maximum absolute atomic E-state index is 14.6. The monoisotopic (exact) mass is 492 g/mol. The van der Waals surface area contributed by atoms with Gasteiger partial charge in [-0.25, -0.2) is 27.9 Å². The third-order valence-electron chi connectivity index (χ3n) is 6.81. The van der Waals surface area contributed by atoms with E-state index in [2.05, 4.69) is 15.3 Å². The molecule has 0 radical (unpaired) electrons. The van der Waals surface area contributed by atoms with Gasteiger partial charge in [-0.1, -0.05) is 11.6 Å². The molecule has 1 fully saturated rings.